The van der Waals surface area contributed by atoms with Crippen molar-refractivity contribution in [3.8, 4) is 0 Å². The largest absolute Gasteiger partial charge is 0.465 e. The van der Waals surface area contributed by atoms with Crippen LogP contribution in [0.4, 0.5) is 19.3 Å². The van der Waals surface area contributed by atoms with Gasteiger partial charge in [-0.1, -0.05) is 23.2 Å². The van der Waals surface area contributed by atoms with E-state index in [-0.39, 0.29) is 44.2 Å². The molecule has 23 heavy (non-hydrogen) atoms. The van der Waals surface area contributed by atoms with E-state index in [0.717, 1.165) is 11.0 Å². The number of nitrogens with one attached hydrogen (secondary N) is 1. The highest BCUT2D eigenvalue weighted by molar-refractivity contribution is 6.46. The second-order valence-electron chi connectivity index (χ2n) is 4.74. The third kappa shape index (κ3) is 2.27. The molecule has 0 atom stereocenters. The number of fused-ring (bicyclic) bond motifs is 3. The van der Waals surface area contributed by atoms with E-state index < -0.39 is 17.7 Å². The Bertz CT molecular complexity index is 958. The first kappa shape index (κ1) is 15.8. The number of H-pyrrole nitrogens is 1. The summed E-state index contributed by atoms with van der Waals surface area (Å²) in [5.74, 6) is -2.34. The topological polar surface area (TPSA) is 69.2 Å². The molecule has 3 rings (SSSR count). The average molecular weight is 360 g/mol. The van der Waals surface area contributed by atoms with Crippen LogP contribution in [0, 0.1) is 11.6 Å². The van der Waals surface area contributed by atoms with Crippen molar-refractivity contribution in [3.63, 3.8) is 0 Å². The van der Waals surface area contributed by atoms with Gasteiger partial charge in [-0.25, -0.2) is 18.6 Å². The van der Waals surface area contributed by atoms with E-state index in [1.807, 2.05) is 0 Å². The van der Waals surface area contributed by atoms with Crippen LogP contribution < -0.4 is 4.90 Å². The minimum absolute atomic E-state index is 0.0109. The fourth-order valence-corrected chi connectivity index (χ4v) is 2.88. The minimum atomic E-state index is -1.30. The lowest BCUT2D eigenvalue weighted by atomic mass is 10.1. The Morgan fingerprint density at radius 2 is 2.09 bits per heavy atom. The Kier molecular flexibility index (Phi) is 3.77. The first-order chi connectivity index (χ1) is 10.9. The molecule has 0 radical (unpaired) electrons. The number of amides is 1. The zero-order chi connectivity index (χ0) is 16.9. The van der Waals surface area contributed by atoms with Gasteiger partial charge in [0.25, 0.3) is 0 Å². The first-order valence-electron chi connectivity index (χ1n) is 6.50. The number of aromatic amines is 1. The van der Waals surface area contributed by atoms with Crippen LogP contribution in [0.25, 0.3) is 21.9 Å². The molecule has 120 valence electrons. The first-order valence-corrected chi connectivity index (χ1v) is 7.26. The van der Waals surface area contributed by atoms with Crippen molar-refractivity contribution >= 4 is 56.9 Å². The van der Waals surface area contributed by atoms with Gasteiger partial charge >= 0.3 is 6.09 Å². The average Bonchev–Trinajstić information content (AvgIpc) is 2.89. The Labute approximate surface area is 138 Å². The summed E-state index contributed by atoms with van der Waals surface area (Å²) in [5, 5.41) is 9.26. The molecular weight excluding hydrogens is 351 g/mol. The predicted octanol–water partition coefficient (Wildman–Crippen LogP) is 4.81. The summed E-state index contributed by atoms with van der Waals surface area (Å²) < 4.78 is 28.3. The van der Waals surface area contributed by atoms with E-state index in [2.05, 4.69) is 9.97 Å². The Hall–Kier alpha value is -2.12. The molecule has 1 aromatic carbocycles. The zero-order valence-corrected chi connectivity index (χ0v) is 13.1. The lowest BCUT2D eigenvalue weighted by molar-refractivity contribution is 0.202. The van der Waals surface area contributed by atoms with Crippen LogP contribution in [-0.2, 0) is 0 Å². The lowest BCUT2D eigenvalue weighted by Gasteiger charge is -2.18. The Morgan fingerprint density at radius 3 is 2.70 bits per heavy atom. The molecule has 0 saturated heterocycles. The van der Waals surface area contributed by atoms with Gasteiger partial charge in [0.1, 0.15) is 5.65 Å². The highest BCUT2D eigenvalue weighted by atomic mass is 35.5. The fraction of sp³-hybridized carbons (Fsp3) is 0.143. The van der Waals surface area contributed by atoms with E-state index >= 15 is 0 Å². The van der Waals surface area contributed by atoms with E-state index in [9.17, 15) is 18.7 Å². The number of halogens is 4. The maximum Gasteiger partial charge on any atom is 0.411 e. The number of hydrogen-bond donors (Lipinski definition) is 2. The lowest BCUT2D eigenvalue weighted by Crippen LogP contribution is -2.29. The van der Waals surface area contributed by atoms with Gasteiger partial charge in [0.2, 0.25) is 0 Å². The number of hydrogen-bond acceptors (Lipinski definition) is 2. The van der Waals surface area contributed by atoms with Crippen LogP contribution in [0.5, 0.6) is 0 Å². The summed E-state index contributed by atoms with van der Waals surface area (Å²) in [6.45, 7) is 1.62. The number of pyridine rings is 1. The molecule has 2 aromatic heterocycles. The Morgan fingerprint density at radius 1 is 1.39 bits per heavy atom. The highest BCUT2D eigenvalue weighted by Gasteiger charge is 2.24. The number of anilines is 1. The molecule has 0 fully saturated rings. The highest BCUT2D eigenvalue weighted by Crippen LogP contribution is 2.40. The SMILES string of the molecule is CCN(C(=O)O)c1cc(F)c(F)c2c1[nH]c1ncc(Cl)c(Cl)c12. The van der Waals surface area contributed by atoms with Crippen molar-refractivity contribution in [2.45, 2.75) is 6.92 Å². The molecule has 1 amide bonds. The number of carbonyl (C=O) groups is 1. The molecule has 9 heteroatoms. The van der Waals surface area contributed by atoms with Crippen LogP contribution in [-0.4, -0.2) is 27.7 Å². The van der Waals surface area contributed by atoms with Gasteiger partial charge in [-0.2, -0.15) is 0 Å². The van der Waals surface area contributed by atoms with Gasteiger partial charge in [0.15, 0.2) is 11.6 Å². The van der Waals surface area contributed by atoms with E-state index in [4.69, 9.17) is 23.2 Å². The summed E-state index contributed by atoms with van der Waals surface area (Å²) in [7, 11) is 0. The molecule has 0 saturated carbocycles. The van der Waals surface area contributed by atoms with Crippen LogP contribution in [0.1, 0.15) is 6.92 Å². The molecule has 0 aliphatic rings. The van der Waals surface area contributed by atoms with Crippen molar-refractivity contribution in [3.05, 3.63) is 33.9 Å². The molecule has 0 bridgehead atoms. The van der Waals surface area contributed by atoms with Gasteiger partial charge in [-0.3, -0.25) is 4.90 Å². The summed E-state index contributed by atoms with van der Waals surface area (Å²) in [6, 6.07) is 0.820. The van der Waals surface area contributed by atoms with Crippen molar-refractivity contribution in [1.82, 2.24) is 9.97 Å². The second-order valence-corrected chi connectivity index (χ2v) is 5.52. The van der Waals surface area contributed by atoms with Gasteiger partial charge in [-0.05, 0) is 6.92 Å². The molecule has 3 aromatic rings. The van der Waals surface area contributed by atoms with Crippen molar-refractivity contribution in [1.29, 1.82) is 0 Å². The number of carboxylic acid groups (broad SMARTS) is 1. The summed E-state index contributed by atoms with van der Waals surface area (Å²) in [6.07, 6.45) is -0.0276. The van der Waals surface area contributed by atoms with Crippen molar-refractivity contribution in [2.24, 2.45) is 0 Å². The third-order valence-corrected chi connectivity index (χ3v) is 4.28. The monoisotopic (exact) mass is 359 g/mol. The van der Waals surface area contributed by atoms with Crippen molar-refractivity contribution in [2.75, 3.05) is 11.4 Å². The summed E-state index contributed by atoms with van der Waals surface area (Å²) in [5.41, 5.74) is 0.237. The fourth-order valence-electron chi connectivity index (χ4n) is 2.50. The molecule has 5 nitrogen and oxygen atoms in total. The predicted molar refractivity (Wildman–Crippen MR) is 84.6 cm³/mol. The van der Waals surface area contributed by atoms with Crippen LogP contribution in [0.15, 0.2) is 12.3 Å². The maximum absolute atomic E-state index is 14.3. The quantitative estimate of drug-likeness (QED) is 0.689. The van der Waals surface area contributed by atoms with Gasteiger partial charge in [0, 0.05) is 24.2 Å². The summed E-state index contributed by atoms with van der Waals surface area (Å²) >= 11 is 12.0. The second kappa shape index (κ2) is 5.50. The standard InChI is InChI=1S/C14H9Cl2F2N3O2/c1-2-21(14(22)23)7-3-6(17)11(18)9-8-10(16)5(15)4-19-13(8)20-12(7)9/h3-4H,2H2,1H3,(H,19,20)(H,22,23). The third-order valence-electron chi connectivity index (χ3n) is 3.50. The molecule has 2 N–H and O–H groups in total. The number of benzene rings is 1. The van der Waals surface area contributed by atoms with Gasteiger partial charge < -0.3 is 10.1 Å². The number of rotatable bonds is 2. The van der Waals surface area contributed by atoms with E-state index in [1.165, 1.54) is 6.20 Å². The molecule has 0 unspecified atom stereocenters. The van der Waals surface area contributed by atoms with Crippen molar-refractivity contribution < 1.29 is 18.7 Å². The maximum atomic E-state index is 14.3. The van der Waals surface area contributed by atoms with Crippen LogP contribution in [0.3, 0.4) is 0 Å². The normalized spacial score (nSPS) is 11.3. The molecule has 0 aliphatic carbocycles. The van der Waals surface area contributed by atoms with E-state index in [0.29, 0.717) is 0 Å². The van der Waals surface area contributed by atoms with E-state index in [1.54, 1.807) is 6.92 Å². The molecule has 2 heterocycles. The Balaban J connectivity index is 2.52. The zero-order valence-electron chi connectivity index (χ0n) is 11.6. The number of nitrogens with zero attached hydrogens (tertiary/aromatic N) is 2. The smallest absolute Gasteiger partial charge is 0.411 e. The summed E-state index contributed by atoms with van der Waals surface area (Å²) in [4.78, 5) is 19.0. The van der Waals surface area contributed by atoms with Gasteiger partial charge in [0.05, 0.1) is 26.6 Å². The number of aromatic nitrogens is 2. The molecular formula is C14H9Cl2F2N3O2. The molecule has 0 spiro atoms. The minimum Gasteiger partial charge on any atom is -0.465 e. The van der Waals surface area contributed by atoms with Gasteiger partial charge in [-0.15, -0.1) is 0 Å². The van der Waals surface area contributed by atoms with Crippen LogP contribution >= 0.6 is 23.2 Å². The molecule has 0 aliphatic heterocycles. The van der Waals surface area contributed by atoms with Crippen LogP contribution in [0.2, 0.25) is 10.0 Å².